The summed E-state index contributed by atoms with van der Waals surface area (Å²) in [5.74, 6) is -0.644. The van der Waals surface area contributed by atoms with Gasteiger partial charge in [0.15, 0.2) is 21.0 Å². The van der Waals surface area contributed by atoms with Gasteiger partial charge in [-0.3, -0.25) is 9.59 Å². The maximum atomic E-state index is 13.2. The zero-order valence-corrected chi connectivity index (χ0v) is 17.0. The van der Waals surface area contributed by atoms with Crippen LogP contribution in [0.3, 0.4) is 0 Å². The molecule has 2 aromatic heterocycles. The lowest BCUT2D eigenvalue weighted by atomic mass is 10.1. The van der Waals surface area contributed by atoms with Crippen molar-refractivity contribution in [2.24, 2.45) is 0 Å². The van der Waals surface area contributed by atoms with Crippen molar-refractivity contribution in [3.8, 4) is 0 Å². The minimum Gasteiger partial charge on any atom is -0.451 e. The largest absolute Gasteiger partial charge is 0.451 e. The molecule has 1 aliphatic rings. The van der Waals surface area contributed by atoms with Crippen LogP contribution in [0.5, 0.6) is 0 Å². The molecule has 146 valence electrons. The Morgan fingerprint density at radius 3 is 2.79 bits per heavy atom. The molecular formula is C19H16ClNO5S2. The van der Waals surface area contributed by atoms with E-state index in [0.717, 1.165) is 10.9 Å². The first-order chi connectivity index (χ1) is 13.3. The Hall–Kier alpha value is -2.16. The number of rotatable bonds is 4. The molecule has 1 aromatic carbocycles. The lowest BCUT2D eigenvalue weighted by Crippen LogP contribution is -2.40. The predicted molar refractivity (Wildman–Crippen MR) is 109 cm³/mol. The summed E-state index contributed by atoms with van der Waals surface area (Å²) in [4.78, 5) is 28.1. The van der Waals surface area contributed by atoms with Gasteiger partial charge in [0.1, 0.15) is 5.58 Å². The van der Waals surface area contributed by atoms with Gasteiger partial charge >= 0.3 is 0 Å². The molecule has 1 saturated heterocycles. The number of fused-ring (bicyclic) bond motifs is 1. The summed E-state index contributed by atoms with van der Waals surface area (Å²) in [6, 6.07) is 9.05. The third kappa shape index (κ3) is 3.85. The second kappa shape index (κ2) is 7.35. The number of halogens is 1. The van der Waals surface area contributed by atoms with Crippen molar-refractivity contribution in [1.82, 2.24) is 4.90 Å². The zero-order chi connectivity index (χ0) is 19.9. The normalized spacial score (nSPS) is 18.4. The molecule has 3 aromatic rings. The molecule has 9 heteroatoms. The highest BCUT2D eigenvalue weighted by Gasteiger charge is 2.36. The molecule has 0 bridgehead atoms. The van der Waals surface area contributed by atoms with Gasteiger partial charge in [-0.15, -0.1) is 11.3 Å². The third-order valence-electron chi connectivity index (χ3n) is 4.72. The molecule has 0 aliphatic carbocycles. The molecule has 28 heavy (non-hydrogen) atoms. The highest BCUT2D eigenvalue weighted by molar-refractivity contribution is 7.91. The van der Waals surface area contributed by atoms with Crippen molar-refractivity contribution in [3.63, 3.8) is 0 Å². The minimum absolute atomic E-state index is 0.0477. The summed E-state index contributed by atoms with van der Waals surface area (Å²) >= 11 is 7.40. The van der Waals surface area contributed by atoms with Crippen molar-refractivity contribution < 1.29 is 17.6 Å². The van der Waals surface area contributed by atoms with Crippen LogP contribution in [-0.2, 0) is 16.4 Å². The van der Waals surface area contributed by atoms with Crippen molar-refractivity contribution in [3.05, 3.63) is 67.7 Å². The molecule has 0 radical (unpaired) electrons. The summed E-state index contributed by atoms with van der Waals surface area (Å²) in [5.41, 5.74) is -0.113. The van der Waals surface area contributed by atoms with Gasteiger partial charge in [-0.05, 0) is 36.1 Å². The lowest BCUT2D eigenvalue weighted by Gasteiger charge is -2.27. The topological polar surface area (TPSA) is 84.7 Å². The molecule has 0 saturated carbocycles. The first-order valence-electron chi connectivity index (χ1n) is 8.59. The van der Waals surface area contributed by atoms with Crippen molar-refractivity contribution in [1.29, 1.82) is 0 Å². The average molecular weight is 438 g/mol. The van der Waals surface area contributed by atoms with Gasteiger partial charge < -0.3 is 9.32 Å². The number of carbonyl (C=O) groups excluding carboxylic acids is 1. The first kappa shape index (κ1) is 19.2. The number of sulfone groups is 1. The maximum absolute atomic E-state index is 13.2. The Labute approximate surface area is 170 Å². The van der Waals surface area contributed by atoms with Crippen molar-refractivity contribution in [2.45, 2.75) is 19.0 Å². The van der Waals surface area contributed by atoms with E-state index in [4.69, 9.17) is 16.0 Å². The number of amides is 1. The minimum atomic E-state index is -3.18. The molecule has 4 rings (SSSR count). The number of carbonyl (C=O) groups is 1. The van der Waals surface area contributed by atoms with Crippen LogP contribution in [0.2, 0.25) is 5.02 Å². The van der Waals surface area contributed by atoms with Crippen LogP contribution in [0.1, 0.15) is 21.9 Å². The van der Waals surface area contributed by atoms with Gasteiger partial charge in [0, 0.05) is 22.0 Å². The van der Waals surface area contributed by atoms with Gasteiger partial charge in [-0.2, -0.15) is 0 Å². The van der Waals surface area contributed by atoms with Crippen LogP contribution in [0, 0.1) is 0 Å². The lowest BCUT2D eigenvalue weighted by molar-refractivity contribution is 0.0651. The molecule has 0 spiro atoms. The monoisotopic (exact) mass is 437 g/mol. The number of benzene rings is 1. The molecule has 6 nitrogen and oxygen atoms in total. The second-order valence-corrected chi connectivity index (χ2v) is 10.4. The van der Waals surface area contributed by atoms with E-state index in [9.17, 15) is 18.0 Å². The molecule has 1 unspecified atom stereocenters. The Bertz CT molecular complexity index is 1200. The van der Waals surface area contributed by atoms with Crippen LogP contribution in [0.25, 0.3) is 11.0 Å². The van der Waals surface area contributed by atoms with Crippen molar-refractivity contribution in [2.75, 3.05) is 11.5 Å². The summed E-state index contributed by atoms with van der Waals surface area (Å²) in [6.45, 7) is 0.263. The van der Waals surface area contributed by atoms with Crippen LogP contribution >= 0.6 is 22.9 Å². The fourth-order valence-corrected chi connectivity index (χ4v) is 5.94. The van der Waals surface area contributed by atoms with Gasteiger partial charge in [0.2, 0.25) is 0 Å². The van der Waals surface area contributed by atoms with Gasteiger partial charge in [-0.25, -0.2) is 8.42 Å². The predicted octanol–water partition coefficient (Wildman–Crippen LogP) is 3.34. The molecule has 1 atom stereocenters. The van der Waals surface area contributed by atoms with Crippen LogP contribution in [-0.4, -0.2) is 36.8 Å². The van der Waals surface area contributed by atoms with Crippen LogP contribution in [0.4, 0.5) is 0 Å². The van der Waals surface area contributed by atoms with E-state index in [2.05, 4.69) is 0 Å². The number of hydrogen-bond acceptors (Lipinski definition) is 6. The Balaban J connectivity index is 1.73. The fraction of sp³-hybridized carbons (Fsp3) is 0.263. The molecule has 1 fully saturated rings. The van der Waals surface area contributed by atoms with E-state index in [1.54, 1.807) is 12.1 Å². The molecule has 0 N–H and O–H groups in total. The Morgan fingerprint density at radius 1 is 1.29 bits per heavy atom. The van der Waals surface area contributed by atoms with Gasteiger partial charge in [0.25, 0.3) is 5.91 Å². The van der Waals surface area contributed by atoms with Gasteiger partial charge in [-0.1, -0.05) is 17.7 Å². The highest BCUT2D eigenvalue weighted by Crippen LogP contribution is 2.25. The van der Waals surface area contributed by atoms with E-state index in [1.165, 1.54) is 22.3 Å². The fourth-order valence-electron chi connectivity index (χ4n) is 3.33. The van der Waals surface area contributed by atoms with E-state index < -0.39 is 21.8 Å². The Morgan fingerprint density at radius 2 is 2.11 bits per heavy atom. The zero-order valence-electron chi connectivity index (χ0n) is 14.6. The van der Waals surface area contributed by atoms with E-state index >= 15 is 0 Å². The third-order valence-corrected chi connectivity index (χ3v) is 7.56. The second-order valence-electron chi connectivity index (χ2n) is 6.68. The van der Waals surface area contributed by atoms with E-state index in [0.29, 0.717) is 11.4 Å². The standard InChI is InChI=1S/C19H16ClNO5S2/c20-12-3-4-17-15(8-12)16(22)9-18(26-17)19(23)21(10-14-2-1-6-27-14)13-5-7-28(24,25)11-13/h1-4,6,8-9,13H,5,7,10-11H2. The molecular weight excluding hydrogens is 422 g/mol. The summed E-state index contributed by atoms with van der Waals surface area (Å²) in [6.07, 6.45) is 0.368. The quantitative estimate of drug-likeness (QED) is 0.625. The molecule has 1 aliphatic heterocycles. The summed E-state index contributed by atoms with van der Waals surface area (Å²) in [5, 5.41) is 2.58. The maximum Gasteiger partial charge on any atom is 0.290 e. The SMILES string of the molecule is O=C(c1cc(=O)c2cc(Cl)ccc2o1)N(Cc1cccs1)C1CCS(=O)(=O)C1. The van der Waals surface area contributed by atoms with Crippen molar-refractivity contribution >= 4 is 49.7 Å². The molecule has 1 amide bonds. The smallest absolute Gasteiger partial charge is 0.290 e. The number of thiophene rings is 1. The average Bonchev–Trinajstić information content (AvgIpc) is 3.28. The van der Waals surface area contributed by atoms with Crippen LogP contribution in [0.15, 0.2) is 51.0 Å². The van der Waals surface area contributed by atoms with E-state index in [-0.39, 0.29) is 40.2 Å². The number of nitrogens with zero attached hydrogens (tertiary/aromatic N) is 1. The number of hydrogen-bond donors (Lipinski definition) is 0. The molecule has 3 heterocycles. The Kier molecular flexibility index (Phi) is 5.03. The summed E-state index contributed by atoms with van der Waals surface area (Å²) < 4.78 is 29.6. The summed E-state index contributed by atoms with van der Waals surface area (Å²) in [7, 11) is -3.18. The van der Waals surface area contributed by atoms with Crippen LogP contribution < -0.4 is 5.43 Å². The van der Waals surface area contributed by atoms with E-state index in [1.807, 2.05) is 17.5 Å². The highest BCUT2D eigenvalue weighted by atomic mass is 35.5. The first-order valence-corrected chi connectivity index (χ1v) is 11.7. The van der Waals surface area contributed by atoms with Gasteiger partial charge in [0.05, 0.1) is 23.4 Å².